The number of fused-ring (bicyclic) bond motifs is 1. The van der Waals surface area contributed by atoms with Crippen LogP contribution in [0.3, 0.4) is 0 Å². The molecule has 25 heavy (non-hydrogen) atoms. The fourth-order valence-electron chi connectivity index (χ4n) is 2.71. The number of ether oxygens (including phenoxy) is 1. The van der Waals surface area contributed by atoms with E-state index in [2.05, 4.69) is 11.1 Å². The lowest BCUT2D eigenvalue weighted by Crippen LogP contribution is -2.05. The summed E-state index contributed by atoms with van der Waals surface area (Å²) in [6.07, 6.45) is -4.12. The predicted octanol–water partition coefficient (Wildman–Crippen LogP) is 4.72. The lowest BCUT2D eigenvalue weighted by atomic mass is 9.97. The Hall–Kier alpha value is -3.07. The molecule has 6 heteroatoms. The predicted molar refractivity (Wildman–Crippen MR) is 87.3 cm³/mol. The second kappa shape index (κ2) is 6.44. The molecular weight excluding hydrogens is 329 g/mol. The van der Waals surface area contributed by atoms with Crippen LogP contribution < -0.4 is 4.74 Å². The summed E-state index contributed by atoms with van der Waals surface area (Å²) >= 11 is 0. The highest BCUT2D eigenvalue weighted by Gasteiger charge is 2.30. The Morgan fingerprint density at radius 1 is 1.08 bits per heavy atom. The maximum absolute atomic E-state index is 12.7. The number of hydrogen-bond acceptors (Lipinski definition) is 3. The van der Waals surface area contributed by atoms with E-state index in [0.29, 0.717) is 33.5 Å². The van der Waals surface area contributed by atoms with Gasteiger partial charge in [-0.05, 0) is 23.8 Å². The van der Waals surface area contributed by atoms with E-state index in [4.69, 9.17) is 4.74 Å². The van der Waals surface area contributed by atoms with Crippen molar-refractivity contribution in [2.45, 2.75) is 12.6 Å². The average molecular weight is 342 g/mol. The first-order valence-corrected chi connectivity index (χ1v) is 7.46. The third kappa shape index (κ3) is 3.26. The number of pyridine rings is 1. The van der Waals surface area contributed by atoms with Gasteiger partial charge in [0.1, 0.15) is 6.07 Å². The highest BCUT2D eigenvalue weighted by molar-refractivity contribution is 5.87. The van der Waals surface area contributed by atoms with Gasteiger partial charge in [0.2, 0.25) is 5.88 Å². The molecule has 0 spiro atoms. The summed E-state index contributed by atoms with van der Waals surface area (Å²) in [5.74, 6) is 0.301. The van der Waals surface area contributed by atoms with Crippen LogP contribution in [0, 0.1) is 11.3 Å². The van der Waals surface area contributed by atoms with Crippen molar-refractivity contribution in [3.63, 3.8) is 0 Å². The highest BCUT2D eigenvalue weighted by atomic mass is 19.4. The van der Waals surface area contributed by atoms with Crippen LogP contribution >= 0.6 is 0 Å². The van der Waals surface area contributed by atoms with Crippen LogP contribution in [0.15, 0.2) is 48.5 Å². The Labute approximate surface area is 142 Å². The Balaban J connectivity index is 2.08. The van der Waals surface area contributed by atoms with E-state index in [1.807, 2.05) is 6.07 Å². The lowest BCUT2D eigenvalue weighted by Gasteiger charge is -2.13. The van der Waals surface area contributed by atoms with Gasteiger partial charge in [-0.2, -0.15) is 18.4 Å². The van der Waals surface area contributed by atoms with Crippen molar-refractivity contribution in [3.05, 3.63) is 70.8 Å². The molecule has 1 heterocycles. The molecular formula is C19H13F3N2O. The number of nitrogens with zero attached hydrogens (tertiary/aromatic N) is 2. The number of alkyl halides is 3. The molecule has 0 fully saturated rings. The third-order valence-corrected chi connectivity index (χ3v) is 3.92. The minimum Gasteiger partial charge on any atom is -0.481 e. The van der Waals surface area contributed by atoms with Crippen molar-refractivity contribution < 1.29 is 17.9 Å². The van der Waals surface area contributed by atoms with Gasteiger partial charge in [-0.25, -0.2) is 4.98 Å². The van der Waals surface area contributed by atoms with E-state index in [-0.39, 0.29) is 6.42 Å². The van der Waals surface area contributed by atoms with Crippen LogP contribution in [0.2, 0.25) is 0 Å². The van der Waals surface area contributed by atoms with Gasteiger partial charge < -0.3 is 4.74 Å². The zero-order valence-electron chi connectivity index (χ0n) is 13.3. The molecule has 3 rings (SSSR count). The Bertz CT molecular complexity index is 957. The van der Waals surface area contributed by atoms with Crippen molar-refractivity contribution in [1.82, 2.24) is 4.98 Å². The largest absolute Gasteiger partial charge is 0.481 e. The fourth-order valence-corrected chi connectivity index (χ4v) is 2.71. The number of benzene rings is 2. The highest BCUT2D eigenvalue weighted by Crippen LogP contribution is 2.32. The topological polar surface area (TPSA) is 45.9 Å². The molecule has 0 bridgehead atoms. The summed E-state index contributed by atoms with van der Waals surface area (Å²) in [6.45, 7) is 0. The molecule has 0 amide bonds. The first-order valence-electron chi connectivity index (χ1n) is 7.46. The van der Waals surface area contributed by atoms with Crippen LogP contribution in [0.1, 0.15) is 22.3 Å². The van der Waals surface area contributed by atoms with E-state index in [1.165, 1.54) is 19.2 Å². The van der Waals surface area contributed by atoms with Gasteiger partial charge in [0.15, 0.2) is 0 Å². The van der Waals surface area contributed by atoms with Crippen LogP contribution in [0.5, 0.6) is 5.88 Å². The average Bonchev–Trinajstić information content (AvgIpc) is 2.60. The molecule has 0 saturated carbocycles. The van der Waals surface area contributed by atoms with Gasteiger partial charge in [0.25, 0.3) is 0 Å². The van der Waals surface area contributed by atoms with Crippen LogP contribution in [0.25, 0.3) is 10.9 Å². The molecule has 126 valence electrons. The van der Waals surface area contributed by atoms with E-state index in [9.17, 15) is 18.4 Å². The number of aromatic nitrogens is 1. The molecule has 0 atom stereocenters. The summed E-state index contributed by atoms with van der Waals surface area (Å²) in [5, 5.41) is 10.3. The molecule has 0 aliphatic heterocycles. The maximum atomic E-state index is 12.7. The van der Waals surface area contributed by atoms with E-state index < -0.39 is 11.7 Å². The van der Waals surface area contributed by atoms with E-state index in [0.717, 1.165) is 12.1 Å². The summed E-state index contributed by atoms with van der Waals surface area (Å²) in [7, 11) is 1.45. The number of nitriles is 1. The standard InChI is InChI=1S/C19H13F3N2O/c1-25-18-15(10-12-6-8-13(9-7-12)19(20,21)22)16(11-23)14-4-2-3-5-17(14)24-18/h2-9H,10H2,1H3. The Morgan fingerprint density at radius 3 is 2.36 bits per heavy atom. The summed E-state index contributed by atoms with van der Waals surface area (Å²) in [6, 6.07) is 14.2. The van der Waals surface area contributed by atoms with Crippen LogP contribution in [0.4, 0.5) is 13.2 Å². The first kappa shape index (κ1) is 16.8. The van der Waals surface area contributed by atoms with E-state index >= 15 is 0 Å². The molecule has 0 N–H and O–H groups in total. The summed E-state index contributed by atoms with van der Waals surface area (Å²) in [4.78, 5) is 4.40. The van der Waals surface area contributed by atoms with Crippen LogP contribution in [-0.4, -0.2) is 12.1 Å². The molecule has 0 unspecified atom stereocenters. The van der Waals surface area contributed by atoms with Crippen LogP contribution in [-0.2, 0) is 12.6 Å². The minimum atomic E-state index is -4.38. The smallest absolute Gasteiger partial charge is 0.416 e. The maximum Gasteiger partial charge on any atom is 0.416 e. The van der Waals surface area contributed by atoms with Crippen molar-refractivity contribution in [1.29, 1.82) is 5.26 Å². The minimum absolute atomic E-state index is 0.252. The van der Waals surface area contributed by atoms with Crippen molar-refractivity contribution >= 4 is 10.9 Å². The van der Waals surface area contributed by atoms with E-state index in [1.54, 1.807) is 18.2 Å². The Kier molecular flexibility index (Phi) is 4.32. The molecule has 1 aromatic heterocycles. The number of halogens is 3. The number of methoxy groups -OCH3 is 1. The monoisotopic (exact) mass is 342 g/mol. The lowest BCUT2D eigenvalue weighted by molar-refractivity contribution is -0.137. The zero-order chi connectivity index (χ0) is 18.0. The van der Waals surface area contributed by atoms with Gasteiger partial charge in [-0.1, -0.05) is 30.3 Å². The SMILES string of the molecule is COc1nc2ccccc2c(C#N)c1Cc1ccc(C(F)(F)F)cc1. The quantitative estimate of drug-likeness (QED) is 0.691. The molecule has 0 aliphatic carbocycles. The van der Waals surface area contributed by atoms with Gasteiger partial charge in [0, 0.05) is 17.4 Å². The van der Waals surface area contributed by atoms with Gasteiger partial charge in [0.05, 0.1) is 23.8 Å². The molecule has 0 radical (unpaired) electrons. The van der Waals surface area contributed by atoms with Gasteiger partial charge in [-0.3, -0.25) is 0 Å². The third-order valence-electron chi connectivity index (χ3n) is 3.92. The molecule has 2 aromatic carbocycles. The zero-order valence-corrected chi connectivity index (χ0v) is 13.3. The number of para-hydroxylation sites is 1. The summed E-state index contributed by atoms with van der Waals surface area (Å²) < 4.78 is 43.4. The second-order valence-corrected chi connectivity index (χ2v) is 5.48. The summed E-state index contributed by atoms with van der Waals surface area (Å²) in [5.41, 5.74) is 1.54. The molecule has 3 nitrogen and oxygen atoms in total. The van der Waals surface area contributed by atoms with Gasteiger partial charge in [-0.15, -0.1) is 0 Å². The van der Waals surface area contributed by atoms with Crippen molar-refractivity contribution in [2.24, 2.45) is 0 Å². The number of hydrogen-bond donors (Lipinski definition) is 0. The Morgan fingerprint density at radius 2 is 1.76 bits per heavy atom. The van der Waals surface area contributed by atoms with Crippen molar-refractivity contribution in [3.8, 4) is 11.9 Å². The second-order valence-electron chi connectivity index (χ2n) is 5.48. The normalized spacial score (nSPS) is 11.3. The molecule has 0 aliphatic rings. The van der Waals surface area contributed by atoms with Crippen molar-refractivity contribution in [2.75, 3.05) is 7.11 Å². The van der Waals surface area contributed by atoms with Gasteiger partial charge >= 0.3 is 6.18 Å². The fraction of sp³-hybridized carbons (Fsp3) is 0.158. The number of rotatable bonds is 3. The first-order chi connectivity index (χ1) is 11.9. The molecule has 0 saturated heterocycles. The molecule has 3 aromatic rings.